The van der Waals surface area contributed by atoms with Crippen LogP contribution < -0.4 is 4.74 Å². The number of H-pyrrole nitrogens is 1. The van der Waals surface area contributed by atoms with Gasteiger partial charge in [0.25, 0.3) is 0 Å². The van der Waals surface area contributed by atoms with E-state index in [-0.39, 0.29) is 29.8 Å². The van der Waals surface area contributed by atoms with E-state index in [2.05, 4.69) is 9.97 Å². The normalized spacial score (nSPS) is 20.9. The lowest BCUT2D eigenvalue weighted by Crippen LogP contribution is -2.42. The maximum absolute atomic E-state index is 13.2. The monoisotopic (exact) mass is 438 g/mol. The van der Waals surface area contributed by atoms with Crippen LogP contribution in [-0.4, -0.2) is 53.6 Å². The molecular weight excluding hydrogens is 416 g/mol. The number of nitrogens with zero attached hydrogens (tertiary/aromatic N) is 3. The molecule has 9 heteroatoms. The Balaban J connectivity index is 1.65. The standard InChI is InChI=1S/C22H22N4O4S/c1-25-10-9-20(27)26-11-8-19-21(24-14-23-19)22(26)15-4-2-5-16(12-15)30-17-6-3-7-18(13-17)31(25,28)29/h2-7,12-14,22H,8-11H2,1H3,(H,23,24). The molecule has 3 aromatic rings. The molecule has 2 aliphatic heterocycles. The van der Waals surface area contributed by atoms with Gasteiger partial charge in [0.15, 0.2) is 0 Å². The number of fused-ring (bicyclic) bond motifs is 8. The number of ether oxygens (including phenoxy) is 1. The van der Waals surface area contributed by atoms with Crippen molar-refractivity contribution in [1.82, 2.24) is 19.2 Å². The molecule has 0 radical (unpaired) electrons. The van der Waals surface area contributed by atoms with Crippen molar-refractivity contribution in [3.8, 4) is 11.5 Å². The van der Waals surface area contributed by atoms with E-state index < -0.39 is 10.0 Å². The molecule has 1 N–H and O–H groups in total. The molecular formula is C22H22N4O4S. The summed E-state index contributed by atoms with van der Waals surface area (Å²) in [5.41, 5.74) is 2.72. The number of hydrogen-bond acceptors (Lipinski definition) is 5. The maximum atomic E-state index is 13.2. The van der Waals surface area contributed by atoms with Crippen molar-refractivity contribution >= 4 is 15.9 Å². The molecule has 31 heavy (non-hydrogen) atoms. The minimum atomic E-state index is -3.75. The Hall–Kier alpha value is -3.17. The smallest absolute Gasteiger partial charge is 0.242 e. The second-order valence-corrected chi connectivity index (χ2v) is 9.78. The van der Waals surface area contributed by atoms with Crippen LogP contribution in [0, 0.1) is 0 Å². The van der Waals surface area contributed by atoms with E-state index in [4.69, 9.17) is 4.74 Å². The zero-order valence-electron chi connectivity index (χ0n) is 17.0. The Bertz CT molecular complexity index is 1250. The third-order valence-electron chi connectivity index (χ3n) is 5.81. The van der Waals surface area contributed by atoms with Gasteiger partial charge in [0.1, 0.15) is 17.5 Å². The summed E-state index contributed by atoms with van der Waals surface area (Å²) in [5, 5.41) is 0. The number of aromatic amines is 1. The van der Waals surface area contributed by atoms with E-state index in [0.717, 1.165) is 17.0 Å². The van der Waals surface area contributed by atoms with Crippen LogP contribution in [0.4, 0.5) is 0 Å². The largest absolute Gasteiger partial charge is 0.457 e. The van der Waals surface area contributed by atoms with Gasteiger partial charge in [-0.25, -0.2) is 17.7 Å². The molecule has 0 spiro atoms. The third kappa shape index (κ3) is 3.49. The summed E-state index contributed by atoms with van der Waals surface area (Å²) in [7, 11) is -2.26. The average molecular weight is 439 g/mol. The van der Waals surface area contributed by atoms with Crippen molar-refractivity contribution < 1.29 is 17.9 Å². The topological polar surface area (TPSA) is 95.6 Å². The second-order valence-electron chi connectivity index (χ2n) is 7.73. The van der Waals surface area contributed by atoms with Gasteiger partial charge >= 0.3 is 0 Å². The number of rotatable bonds is 0. The highest BCUT2D eigenvalue weighted by Crippen LogP contribution is 2.36. The number of aromatic nitrogens is 2. The number of benzene rings is 2. The van der Waals surface area contributed by atoms with Crippen LogP contribution in [-0.2, 0) is 21.2 Å². The number of amides is 1. The Labute approximate surface area is 180 Å². The minimum absolute atomic E-state index is 0.0852. The highest BCUT2D eigenvalue weighted by atomic mass is 32.2. The molecule has 2 aliphatic rings. The summed E-state index contributed by atoms with van der Waals surface area (Å²) in [6.45, 7) is 0.613. The predicted octanol–water partition coefficient (Wildman–Crippen LogP) is 2.70. The Morgan fingerprint density at radius 1 is 1.06 bits per heavy atom. The van der Waals surface area contributed by atoms with E-state index in [9.17, 15) is 13.2 Å². The lowest BCUT2D eigenvalue weighted by atomic mass is 9.95. The third-order valence-corrected chi connectivity index (χ3v) is 7.66. The van der Waals surface area contributed by atoms with Crippen LogP contribution >= 0.6 is 0 Å². The zero-order valence-corrected chi connectivity index (χ0v) is 17.8. The van der Waals surface area contributed by atoms with Crippen molar-refractivity contribution in [1.29, 1.82) is 0 Å². The van der Waals surface area contributed by atoms with Gasteiger partial charge in [0.05, 0.1) is 16.9 Å². The van der Waals surface area contributed by atoms with Gasteiger partial charge in [-0.15, -0.1) is 0 Å². The van der Waals surface area contributed by atoms with Crippen LogP contribution in [0.25, 0.3) is 0 Å². The highest BCUT2D eigenvalue weighted by molar-refractivity contribution is 7.89. The van der Waals surface area contributed by atoms with Crippen molar-refractivity contribution in [2.75, 3.05) is 20.1 Å². The molecule has 2 aromatic carbocycles. The van der Waals surface area contributed by atoms with E-state index >= 15 is 0 Å². The maximum Gasteiger partial charge on any atom is 0.242 e. The van der Waals surface area contributed by atoms with Crippen LogP contribution in [0.2, 0.25) is 0 Å². The number of carbonyl (C=O) groups is 1. The summed E-state index contributed by atoms with van der Waals surface area (Å²) in [4.78, 5) is 22.8. The highest BCUT2D eigenvalue weighted by Gasteiger charge is 2.34. The van der Waals surface area contributed by atoms with Gasteiger partial charge in [0.2, 0.25) is 15.9 Å². The fourth-order valence-corrected chi connectivity index (χ4v) is 5.37. The van der Waals surface area contributed by atoms with Gasteiger partial charge in [-0.3, -0.25) is 4.79 Å². The number of carbonyl (C=O) groups excluding carboxylic acids is 1. The molecule has 160 valence electrons. The molecule has 4 bridgehead atoms. The first-order valence-electron chi connectivity index (χ1n) is 10.1. The van der Waals surface area contributed by atoms with E-state index in [1.54, 1.807) is 23.4 Å². The van der Waals surface area contributed by atoms with Crippen molar-refractivity contribution in [2.24, 2.45) is 0 Å². The number of sulfonamides is 1. The Morgan fingerprint density at radius 2 is 1.84 bits per heavy atom. The summed E-state index contributed by atoms with van der Waals surface area (Å²) in [5.74, 6) is 0.881. The lowest BCUT2D eigenvalue weighted by molar-refractivity contribution is -0.133. The van der Waals surface area contributed by atoms with Gasteiger partial charge in [-0.1, -0.05) is 18.2 Å². The summed E-state index contributed by atoms with van der Waals surface area (Å²) in [6, 6.07) is 13.6. The van der Waals surface area contributed by atoms with Gasteiger partial charge in [-0.2, -0.15) is 0 Å². The quantitative estimate of drug-likeness (QED) is 0.582. The van der Waals surface area contributed by atoms with Crippen molar-refractivity contribution in [3.63, 3.8) is 0 Å². The molecule has 1 unspecified atom stereocenters. The number of hydrogen-bond donors (Lipinski definition) is 1. The molecule has 0 fully saturated rings. The Morgan fingerprint density at radius 3 is 2.68 bits per heavy atom. The molecule has 8 nitrogen and oxygen atoms in total. The molecule has 5 rings (SSSR count). The van der Waals surface area contributed by atoms with Crippen LogP contribution in [0.15, 0.2) is 59.8 Å². The fourth-order valence-electron chi connectivity index (χ4n) is 4.16. The van der Waals surface area contributed by atoms with E-state index in [1.165, 1.54) is 23.5 Å². The van der Waals surface area contributed by atoms with Gasteiger partial charge < -0.3 is 14.6 Å². The van der Waals surface area contributed by atoms with Gasteiger partial charge in [0, 0.05) is 44.7 Å². The Kier molecular flexibility index (Phi) is 4.79. The first kappa shape index (κ1) is 19.8. The summed E-state index contributed by atoms with van der Waals surface area (Å²) < 4.78 is 33.2. The number of nitrogens with one attached hydrogen (secondary N) is 1. The fraction of sp³-hybridized carbons (Fsp3) is 0.273. The molecule has 0 saturated carbocycles. The van der Waals surface area contributed by atoms with Crippen molar-refractivity contribution in [3.05, 3.63) is 71.8 Å². The SMILES string of the molecule is CN1CCC(=O)N2CCc3[nH]cnc3C2c2cccc(c2)Oc2cccc(c2)S1(=O)=O. The molecule has 0 saturated heterocycles. The molecule has 3 heterocycles. The van der Waals surface area contributed by atoms with Crippen molar-refractivity contribution in [2.45, 2.75) is 23.8 Å². The predicted molar refractivity (Wildman–Crippen MR) is 113 cm³/mol. The summed E-state index contributed by atoms with van der Waals surface area (Å²) >= 11 is 0. The minimum Gasteiger partial charge on any atom is -0.457 e. The average Bonchev–Trinajstić information content (AvgIpc) is 3.25. The van der Waals surface area contributed by atoms with E-state index in [0.29, 0.717) is 24.5 Å². The van der Waals surface area contributed by atoms with Crippen LogP contribution in [0.5, 0.6) is 11.5 Å². The lowest BCUT2D eigenvalue weighted by Gasteiger charge is -2.36. The summed E-state index contributed by atoms with van der Waals surface area (Å²) in [6.07, 6.45) is 2.41. The van der Waals surface area contributed by atoms with Crippen LogP contribution in [0.3, 0.4) is 0 Å². The molecule has 1 aromatic heterocycles. The number of imidazole rings is 1. The second kappa shape index (κ2) is 7.51. The van der Waals surface area contributed by atoms with Crippen LogP contribution in [0.1, 0.15) is 29.4 Å². The first-order valence-corrected chi connectivity index (χ1v) is 11.5. The first-order chi connectivity index (χ1) is 14.9. The van der Waals surface area contributed by atoms with Gasteiger partial charge in [-0.05, 0) is 29.8 Å². The molecule has 1 amide bonds. The molecule has 0 aliphatic carbocycles. The van der Waals surface area contributed by atoms with E-state index in [1.807, 2.05) is 24.3 Å². The molecule has 1 atom stereocenters. The zero-order chi connectivity index (χ0) is 21.6.